The second kappa shape index (κ2) is 5.98. The van der Waals surface area contributed by atoms with Crippen LogP contribution in [0.3, 0.4) is 0 Å². The number of aromatic nitrogens is 1. The molecule has 1 aromatic heterocycles. The molecule has 0 saturated carbocycles. The summed E-state index contributed by atoms with van der Waals surface area (Å²) in [7, 11) is -0.668. The molecule has 1 atom stereocenters. The molecule has 0 aliphatic rings. The summed E-state index contributed by atoms with van der Waals surface area (Å²) in [5.74, 6) is 1.49. The third-order valence-corrected chi connectivity index (χ3v) is 4.08. The predicted octanol–water partition coefficient (Wildman–Crippen LogP) is 2.03. The van der Waals surface area contributed by atoms with Crippen LogP contribution in [-0.2, 0) is 17.3 Å². The fourth-order valence-corrected chi connectivity index (χ4v) is 2.44. The van der Waals surface area contributed by atoms with E-state index in [1.54, 1.807) is 0 Å². The Hall–Kier alpha value is -1.13. The number of nitrogens with one attached hydrogen (secondary N) is 2. The van der Waals surface area contributed by atoms with Crippen LogP contribution in [0.4, 0.5) is 0 Å². The molecule has 0 spiro atoms. The molecule has 0 aliphatic heterocycles. The first kappa shape index (κ1) is 12.3. The van der Waals surface area contributed by atoms with Crippen LogP contribution in [0.5, 0.6) is 0 Å². The van der Waals surface area contributed by atoms with Crippen molar-refractivity contribution >= 4 is 21.7 Å². The van der Waals surface area contributed by atoms with E-state index in [1.165, 1.54) is 16.5 Å². The van der Waals surface area contributed by atoms with Gasteiger partial charge >= 0.3 is 0 Å². The fourth-order valence-electron chi connectivity index (χ4n) is 1.78. The minimum Gasteiger partial charge on any atom is -0.361 e. The zero-order chi connectivity index (χ0) is 12.1. The van der Waals surface area contributed by atoms with Crippen molar-refractivity contribution in [2.24, 2.45) is 0 Å². The minimum atomic E-state index is -0.668. The standard InChI is InChI=1S/C13H18N2OS/c1-2-17(16)8-7-14-10-11-3-4-13-12(9-11)5-6-15-13/h3-6,9,14-15H,2,7-8,10H2,1H3. The Labute approximate surface area is 104 Å². The molecule has 2 aromatic rings. The van der Waals surface area contributed by atoms with Crippen LogP contribution in [0.15, 0.2) is 30.5 Å². The van der Waals surface area contributed by atoms with Gasteiger partial charge in [-0.1, -0.05) is 13.0 Å². The minimum absolute atomic E-state index is 0.668. The lowest BCUT2D eigenvalue weighted by molar-refractivity contribution is 0.674. The Morgan fingerprint density at radius 3 is 3.06 bits per heavy atom. The lowest BCUT2D eigenvalue weighted by atomic mass is 10.1. The third kappa shape index (κ3) is 3.41. The van der Waals surface area contributed by atoms with E-state index in [9.17, 15) is 4.21 Å². The largest absolute Gasteiger partial charge is 0.361 e. The summed E-state index contributed by atoms with van der Waals surface area (Å²) in [5.41, 5.74) is 2.43. The summed E-state index contributed by atoms with van der Waals surface area (Å²) in [6.07, 6.45) is 1.95. The Morgan fingerprint density at radius 2 is 2.24 bits per heavy atom. The maximum Gasteiger partial charge on any atom is 0.0454 e. The van der Waals surface area contributed by atoms with Gasteiger partial charge in [0.05, 0.1) is 0 Å². The van der Waals surface area contributed by atoms with Gasteiger partial charge in [0, 0.05) is 47.1 Å². The zero-order valence-corrected chi connectivity index (χ0v) is 10.8. The van der Waals surface area contributed by atoms with E-state index in [2.05, 4.69) is 34.6 Å². The van der Waals surface area contributed by atoms with Crippen LogP contribution in [0.25, 0.3) is 10.9 Å². The van der Waals surface area contributed by atoms with Gasteiger partial charge in [-0.15, -0.1) is 0 Å². The van der Waals surface area contributed by atoms with Crippen molar-refractivity contribution in [3.05, 3.63) is 36.0 Å². The van der Waals surface area contributed by atoms with Gasteiger partial charge in [-0.05, 0) is 29.1 Å². The lowest BCUT2D eigenvalue weighted by Gasteiger charge is -2.04. The third-order valence-electron chi connectivity index (χ3n) is 2.78. The quantitative estimate of drug-likeness (QED) is 0.770. The Morgan fingerprint density at radius 1 is 1.35 bits per heavy atom. The Kier molecular flexibility index (Phi) is 4.34. The fraction of sp³-hybridized carbons (Fsp3) is 0.385. The highest BCUT2D eigenvalue weighted by Crippen LogP contribution is 2.13. The van der Waals surface area contributed by atoms with Crippen LogP contribution in [-0.4, -0.2) is 27.2 Å². The highest BCUT2D eigenvalue weighted by molar-refractivity contribution is 7.84. The van der Waals surface area contributed by atoms with E-state index in [-0.39, 0.29) is 0 Å². The summed E-state index contributed by atoms with van der Waals surface area (Å²) in [4.78, 5) is 3.18. The van der Waals surface area contributed by atoms with Gasteiger partial charge in [-0.25, -0.2) is 0 Å². The molecule has 1 heterocycles. The number of aromatic amines is 1. The molecule has 0 radical (unpaired) electrons. The molecule has 1 aromatic carbocycles. The second-order valence-corrected chi connectivity index (χ2v) is 5.87. The Balaban J connectivity index is 1.84. The van der Waals surface area contributed by atoms with E-state index in [1.807, 2.05) is 13.1 Å². The van der Waals surface area contributed by atoms with E-state index in [0.717, 1.165) is 24.6 Å². The number of H-pyrrole nitrogens is 1. The molecule has 0 fully saturated rings. The summed E-state index contributed by atoms with van der Waals surface area (Å²) < 4.78 is 11.2. The van der Waals surface area contributed by atoms with Crippen LogP contribution >= 0.6 is 0 Å². The van der Waals surface area contributed by atoms with Crippen LogP contribution in [0, 0.1) is 0 Å². The van der Waals surface area contributed by atoms with Gasteiger partial charge in [0.25, 0.3) is 0 Å². The van der Waals surface area contributed by atoms with Crippen molar-refractivity contribution in [1.29, 1.82) is 0 Å². The molecule has 1 unspecified atom stereocenters. The topological polar surface area (TPSA) is 44.9 Å². The monoisotopic (exact) mass is 250 g/mol. The molecule has 92 valence electrons. The van der Waals surface area contributed by atoms with E-state index in [0.29, 0.717) is 0 Å². The summed E-state index contributed by atoms with van der Waals surface area (Å²) >= 11 is 0. The Bertz CT molecular complexity index is 507. The molecule has 0 amide bonds. The first-order valence-electron chi connectivity index (χ1n) is 5.91. The van der Waals surface area contributed by atoms with Gasteiger partial charge in [0.15, 0.2) is 0 Å². The van der Waals surface area contributed by atoms with Gasteiger partial charge in [0.1, 0.15) is 0 Å². The predicted molar refractivity (Wildman–Crippen MR) is 73.6 cm³/mol. The van der Waals surface area contributed by atoms with Gasteiger partial charge < -0.3 is 10.3 Å². The van der Waals surface area contributed by atoms with Crippen molar-refractivity contribution in [3.8, 4) is 0 Å². The molecular weight excluding hydrogens is 232 g/mol. The van der Waals surface area contributed by atoms with Crippen molar-refractivity contribution in [1.82, 2.24) is 10.3 Å². The molecule has 0 bridgehead atoms. The zero-order valence-electron chi connectivity index (χ0n) is 10.0. The first-order valence-corrected chi connectivity index (χ1v) is 7.40. The van der Waals surface area contributed by atoms with Crippen molar-refractivity contribution in [3.63, 3.8) is 0 Å². The summed E-state index contributed by atoms with van der Waals surface area (Å²) in [6.45, 7) is 3.60. The van der Waals surface area contributed by atoms with E-state index < -0.39 is 10.8 Å². The molecule has 0 aliphatic carbocycles. The highest BCUT2D eigenvalue weighted by Gasteiger charge is 1.98. The number of benzene rings is 1. The smallest absolute Gasteiger partial charge is 0.0454 e. The molecular formula is C13H18N2OS. The summed E-state index contributed by atoms with van der Waals surface area (Å²) in [5, 5.41) is 4.56. The number of hydrogen-bond acceptors (Lipinski definition) is 2. The molecule has 0 saturated heterocycles. The van der Waals surface area contributed by atoms with Gasteiger partial charge in [-0.2, -0.15) is 0 Å². The number of rotatable bonds is 6. The molecule has 2 N–H and O–H groups in total. The summed E-state index contributed by atoms with van der Waals surface area (Å²) in [6, 6.07) is 8.46. The van der Waals surface area contributed by atoms with Gasteiger partial charge in [0.2, 0.25) is 0 Å². The average Bonchev–Trinajstić information content (AvgIpc) is 2.81. The second-order valence-electron chi connectivity index (χ2n) is 4.01. The average molecular weight is 250 g/mol. The number of fused-ring (bicyclic) bond motifs is 1. The molecule has 4 heteroatoms. The van der Waals surface area contributed by atoms with Crippen molar-refractivity contribution in [2.45, 2.75) is 13.5 Å². The normalized spacial score (nSPS) is 13.0. The van der Waals surface area contributed by atoms with Crippen LogP contribution in [0.2, 0.25) is 0 Å². The number of hydrogen-bond donors (Lipinski definition) is 2. The van der Waals surface area contributed by atoms with Crippen LogP contribution in [0.1, 0.15) is 12.5 Å². The van der Waals surface area contributed by atoms with Crippen molar-refractivity contribution in [2.75, 3.05) is 18.1 Å². The SMILES string of the molecule is CCS(=O)CCNCc1ccc2[nH]ccc2c1. The maximum atomic E-state index is 11.2. The molecule has 2 rings (SSSR count). The van der Waals surface area contributed by atoms with E-state index in [4.69, 9.17) is 0 Å². The maximum absolute atomic E-state index is 11.2. The first-order chi connectivity index (χ1) is 8.29. The highest BCUT2D eigenvalue weighted by atomic mass is 32.2. The molecule has 17 heavy (non-hydrogen) atoms. The van der Waals surface area contributed by atoms with Crippen LogP contribution < -0.4 is 5.32 Å². The van der Waals surface area contributed by atoms with E-state index >= 15 is 0 Å². The lowest BCUT2D eigenvalue weighted by Crippen LogP contribution is -2.20. The van der Waals surface area contributed by atoms with Crippen molar-refractivity contribution < 1.29 is 4.21 Å². The molecule has 3 nitrogen and oxygen atoms in total. The van der Waals surface area contributed by atoms with Gasteiger partial charge in [-0.3, -0.25) is 4.21 Å².